The molecule has 0 spiro atoms. The van der Waals surface area contributed by atoms with Crippen molar-refractivity contribution >= 4 is 11.6 Å². The van der Waals surface area contributed by atoms with Gasteiger partial charge in [0.1, 0.15) is 5.75 Å². The Labute approximate surface area is 116 Å². The van der Waals surface area contributed by atoms with Crippen LogP contribution in [0.15, 0.2) is 12.1 Å². The van der Waals surface area contributed by atoms with Crippen LogP contribution in [-0.2, 0) is 5.88 Å². The van der Waals surface area contributed by atoms with E-state index in [1.165, 1.54) is 17.5 Å². The van der Waals surface area contributed by atoms with Gasteiger partial charge in [0.15, 0.2) is 0 Å². The highest BCUT2D eigenvalue weighted by Crippen LogP contribution is 2.26. The van der Waals surface area contributed by atoms with E-state index in [1.807, 2.05) is 0 Å². The van der Waals surface area contributed by atoms with Crippen LogP contribution in [0, 0.1) is 19.3 Å². The number of alkyl halides is 1. The number of rotatable bonds is 5. The standard InChI is InChI=1S/C16H25ClO/c1-12-9-14(11-17)10-13(2)15(12)18-8-6-7-16(3,4)5/h9-10H,6-8,11H2,1-5H3. The molecule has 0 unspecified atom stereocenters. The van der Waals surface area contributed by atoms with Crippen LogP contribution in [0.1, 0.15) is 50.3 Å². The molecule has 1 nitrogen and oxygen atoms in total. The van der Waals surface area contributed by atoms with Crippen LogP contribution < -0.4 is 4.74 Å². The molecule has 1 rings (SSSR count). The van der Waals surface area contributed by atoms with Crippen molar-refractivity contribution < 1.29 is 4.74 Å². The summed E-state index contributed by atoms with van der Waals surface area (Å²) in [5.74, 6) is 1.59. The van der Waals surface area contributed by atoms with Gasteiger partial charge in [0.25, 0.3) is 0 Å². The Morgan fingerprint density at radius 3 is 2.11 bits per heavy atom. The van der Waals surface area contributed by atoms with Gasteiger partial charge in [-0.2, -0.15) is 0 Å². The topological polar surface area (TPSA) is 9.23 Å². The summed E-state index contributed by atoms with van der Waals surface area (Å²) in [5.41, 5.74) is 3.91. The fourth-order valence-corrected chi connectivity index (χ4v) is 2.28. The largest absolute Gasteiger partial charge is 0.493 e. The van der Waals surface area contributed by atoms with Crippen LogP contribution in [0.2, 0.25) is 0 Å². The Morgan fingerprint density at radius 1 is 1.11 bits per heavy atom. The number of hydrogen-bond acceptors (Lipinski definition) is 1. The zero-order valence-corrected chi connectivity index (χ0v) is 13.0. The van der Waals surface area contributed by atoms with E-state index in [2.05, 4.69) is 46.8 Å². The number of hydrogen-bond donors (Lipinski definition) is 0. The minimum atomic E-state index is 0.385. The zero-order valence-electron chi connectivity index (χ0n) is 12.3. The van der Waals surface area contributed by atoms with E-state index in [0.717, 1.165) is 24.3 Å². The molecule has 1 aromatic carbocycles. The van der Waals surface area contributed by atoms with Crippen LogP contribution in [0.4, 0.5) is 0 Å². The summed E-state index contributed by atoms with van der Waals surface area (Å²) in [6, 6.07) is 4.22. The summed E-state index contributed by atoms with van der Waals surface area (Å²) < 4.78 is 5.92. The van der Waals surface area contributed by atoms with Crippen molar-refractivity contribution in [2.45, 2.75) is 53.3 Å². The highest BCUT2D eigenvalue weighted by atomic mass is 35.5. The highest BCUT2D eigenvalue weighted by Gasteiger charge is 2.10. The molecule has 18 heavy (non-hydrogen) atoms. The van der Waals surface area contributed by atoms with Crippen LogP contribution in [0.5, 0.6) is 5.75 Å². The van der Waals surface area contributed by atoms with E-state index < -0.39 is 0 Å². The molecule has 0 saturated heterocycles. The molecular formula is C16H25ClO. The Hall–Kier alpha value is -0.690. The van der Waals surface area contributed by atoms with E-state index in [4.69, 9.17) is 16.3 Å². The van der Waals surface area contributed by atoms with Gasteiger partial charge in [-0.3, -0.25) is 0 Å². The summed E-state index contributed by atoms with van der Waals surface area (Å²) in [5, 5.41) is 0. The van der Waals surface area contributed by atoms with Crippen LogP contribution in [0.3, 0.4) is 0 Å². The maximum Gasteiger partial charge on any atom is 0.125 e. The highest BCUT2D eigenvalue weighted by molar-refractivity contribution is 6.17. The molecule has 0 amide bonds. The molecule has 0 heterocycles. The number of benzene rings is 1. The third-order valence-electron chi connectivity index (χ3n) is 2.99. The third-order valence-corrected chi connectivity index (χ3v) is 3.30. The molecule has 0 aliphatic carbocycles. The second-order valence-corrected chi connectivity index (χ2v) is 6.47. The second-order valence-electron chi connectivity index (χ2n) is 6.21. The van der Waals surface area contributed by atoms with Crippen molar-refractivity contribution in [3.05, 3.63) is 28.8 Å². The molecule has 0 radical (unpaired) electrons. The molecule has 0 aromatic heterocycles. The van der Waals surface area contributed by atoms with Crippen molar-refractivity contribution in [2.75, 3.05) is 6.61 Å². The average molecular weight is 269 g/mol. The van der Waals surface area contributed by atoms with Crippen molar-refractivity contribution in [1.29, 1.82) is 0 Å². The minimum absolute atomic E-state index is 0.385. The lowest BCUT2D eigenvalue weighted by atomic mass is 9.91. The lowest BCUT2D eigenvalue weighted by Gasteiger charge is -2.19. The van der Waals surface area contributed by atoms with E-state index >= 15 is 0 Å². The van der Waals surface area contributed by atoms with Crippen LogP contribution in [0.25, 0.3) is 0 Å². The Balaban J connectivity index is 2.57. The van der Waals surface area contributed by atoms with Gasteiger partial charge in [-0.25, -0.2) is 0 Å². The Kier molecular flexibility index (Phi) is 5.52. The molecule has 0 N–H and O–H groups in total. The Morgan fingerprint density at radius 2 is 1.67 bits per heavy atom. The first kappa shape index (κ1) is 15.4. The van der Waals surface area contributed by atoms with Gasteiger partial charge in [0.05, 0.1) is 6.61 Å². The minimum Gasteiger partial charge on any atom is -0.493 e. The number of halogens is 1. The summed E-state index contributed by atoms with van der Waals surface area (Å²) in [6.07, 6.45) is 2.28. The van der Waals surface area contributed by atoms with Crippen molar-refractivity contribution in [3.8, 4) is 5.75 Å². The number of aryl methyl sites for hydroxylation is 2. The molecule has 0 atom stereocenters. The molecular weight excluding hydrogens is 244 g/mol. The molecule has 0 bridgehead atoms. The molecule has 102 valence electrons. The summed E-state index contributed by atoms with van der Waals surface area (Å²) in [7, 11) is 0. The summed E-state index contributed by atoms with van der Waals surface area (Å²) in [6.45, 7) is 11.7. The second kappa shape index (κ2) is 6.47. The smallest absolute Gasteiger partial charge is 0.125 e. The van der Waals surface area contributed by atoms with Gasteiger partial charge in [-0.05, 0) is 48.8 Å². The third kappa shape index (κ3) is 4.89. The van der Waals surface area contributed by atoms with Crippen molar-refractivity contribution in [3.63, 3.8) is 0 Å². The Bertz CT molecular complexity index is 368. The maximum absolute atomic E-state index is 5.92. The van der Waals surface area contributed by atoms with Crippen molar-refractivity contribution in [1.82, 2.24) is 0 Å². The molecule has 0 aliphatic rings. The quantitative estimate of drug-likeness (QED) is 0.524. The van der Waals surface area contributed by atoms with Gasteiger partial charge < -0.3 is 4.74 Å². The molecule has 1 aromatic rings. The lowest BCUT2D eigenvalue weighted by Crippen LogP contribution is -2.08. The van der Waals surface area contributed by atoms with Gasteiger partial charge in [-0.15, -0.1) is 11.6 Å². The molecule has 0 saturated carbocycles. The fourth-order valence-electron chi connectivity index (χ4n) is 2.12. The van der Waals surface area contributed by atoms with Crippen molar-refractivity contribution in [2.24, 2.45) is 5.41 Å². The van der Waals surface area contributed by atoms with E-state index in [1.54, 1.807) is 0 Å². The van der Waals surface area contributed by atoms with E-state index in [0.29, 0.717) is 11.3 Å². The fraction of sp³-hybridized carbons (Fsp3) is 0.625. The normalized spacial score (nSPS) is 11.7. The maximum atomic E-state index is 5.92. The van der Waals surface area contributed by atoms with Gasteiger partial charge in [0.2, 0.25) is 0 Å². The first-order chi connectivity index (χ1) is 8.33. The monoisotopic (exact) mass is 268 g/mol. The predicted octanol–water partition coefficient (Wildman–Crippen LogP) is 5.25. The summed E-state index contributed by atoms with van der Waals surface area (Å²) >= 11 is 5.86. The molecule has 0 fully saturated rings. The predicted molar refractivity (Wildman–Crippen MR) is 79.7 cm³/mol. The number of ether oxygens (including phenoxy) is 1. The molecule has 2 heteroatoms. The van der Waals surface area contributed by atoms with Gasteiger partial charge >= 0.3 is 0 Å². The SMILES string of the molecule is Cc1cc(CCl)cc(C)c1OCCCC(C)(C)C. The average Bonchev–Trinajstić information content (AvgIpc) is 2.25. The van der Waals surface area contributed by atoms with E-state index in [9.17, 15) is 0 Å². The first-order valence-electron chi connectivity index (χ1n) is 6.62. The zero-order chi connectivity index (χ0) is 13.8. The lowest BCUT2D eigenvalue weighted by molar-refractivity contribution is 0.266. The molecule has 0 aliphatic heterocycles. The van der Waals surface area contributed by atoms with Crippen LogP contribution in [-0.4, -0.2) is 6.61 Å². The van der Waals surface area contributed by atoms with E-state index in [-0.39, 0.29) is 0 Å². The van der Waals surface area contributed by atoms with Crippen LogP contribution >= 0.6 is 11.6 Å². The van der Waals surface area contributed by atoms with Gasteiger partial charge in [0, 0.05) is 5.88 Å². The van der Waals surface area contributed by atoms with Gasteiger partial charge in [-0.1, -0.05) is 32.9 Å². The first-order valence-corrected chi connectivity index (χ1v) is 7.16. The summed E-state index contributed by atoms with van der Waals surface area (Å²) in [4.78, 5) is 0.